The predicted octanol–water partition coefficient (Wildman–Crippen LogP) is 4.47. The predicted molar refractivity (Wildman–Crippen MR) is 89.3 cm³/mol. The third kappa shape index (κ3) is 7.23. The van der Waals surface area contributed by atoms with Gasteiger partial charge in [0, 0.05) is 6.54 Å². The van der Waals surface area contributed by atoms with Gasteiger partial charge in [0.25, 0.3) is 0 Å². The Morgan fingerprint density at radius 2 is 2.16 bits per heavy atom. The van der Waals surface area contributed by atoms with Crippen molar-refractivity contribution in [1.82, 2.24) is 5.32 Å². The summed E-state index contributed by atoms with van der Waals surface area (Å²) in [6.07, 6.45) is 2.27. The first-order chi connectivity index (χ1) is 9.27. The number of benzene rings is 1. The van der Waals surface area contributed by atoms with Crippen LogP contribution in [0.3, 0.4) is 0 Å². The van der Waals surface area contributed by atoms with Crippen molar-refractivity contribution in [3.63, 3.8) is 0 Å². The van der Waals surface area contributed by atoms with Crippen molar-refractivity contribution in [2.24, 2.45) is 0 Å². The fourth-order valence-electron chi connectivity index (χ4n) is 1.67. The van der Waals surface area contributed by atoms with Crippen LogP contribution in [-0.2, 0) is 6.54 Å². The molecule has 1 aromatic carbocycles. The highest BCUT2D eigenvalue weighted by atomic mass is 79.9. The van der Waals surface area contributed by atoms with Gasteiger partial charge in [0.15, 0.2) is 0 Å². The highest BCUT2D eigenvalue weighted by molar-refractivity contribution is 9.10. The molecule has 2 nitrogen and oxygen atoms in total. The molecule has 0 aromatic heterocycles. The molecule has 4 heteroatoms. The standard InChI is InChI=1S/C15H24BrNOS/c1-3-8-17-12-13-6-7-15(14(16)11-13)18-9-5-10-19-4-2/h6-7,11,17H,3-5,8-10,12H2,1-2H3. The Morgan fingerprint density at radius 3 is 2.84 bits per heavy atom. The number of ether oxygens (including phenoxy) is 1. The summed E-state index contributed by atoms with van der Waals surface area (Å²) >= 11 is 5.54. The van der Waals surface area contributed by atoms with Crippen LogP contribution in [0.25, 0.3) is 0 Å². The Kier molecular flexibility index (Phi) is 9.39. The number of thioether (sulfide) groups is 1. The molecule has 0 saturated heterocycles. The van der Waals surface area contributed by atoms with Crippen LogP contribution in [0.2, 0.25) is 0 Å². The first-order valence-corrected chi connectivity index (χ1v) is 8.92. The van der Waals surface area contributed by atoms with E-state index in [9.17, 15) is 0 Å². The molecule has 108 valence electrons. The van der Waals surface area contributed by atoms with Crippen LogP contribution in [0, 0.1) is 0 Å². The largest absolute Gasteiger partial charge is 0.492 e. The van der Waals surface area contributed by atoms with Gasteiger partial charge in [-0.3, -0.25) is 0 Å². The lowest BCUT2D eigenvalue weighted by Gasteiger charge is -2.10. The van der Waals surface area contributed by atoms with E-state index in [2.05, 4.69) is 53.3 Å². The number of rotatable bonds is 10. The van der Waals surface area contributed by atoms with Gasteiger partial charge >= 0.3 is 0 Å². The molecule has 0 heterocycles. The average Bonchev–Trinajstić information content (AvgIpc) is 2.41. The summed E-state index contributed by atoms with van der Waals surface area (Å²) in [5, 5.41) is 3.40. The summed E-state index contributed by atoms with van der Waals surface area (Å²) in [6, 6.07) is 6.32. The molecule has 0 aliphatic heterocycles. The van der Waals surface area contributed by atoms with E-state index in [-0.39, 0.29) is 0 Å². The lowest BCUT2D eigenvalue weighted by molar-refractivity contribution is 0.316. The van der Waals surface area contributed by atoms with Gasteiger partial charge in [-0.2, -0.15) is 11.8 Å². The fraction of sp³-hybridized carbons (Fsp3) is 0.600. The second-order valence-corrected chi connectivity index (χ2v) is 6.59. The van der Waals surface area contributed by atoms with Crippen molar-refractivity contribution in [2.45, 2.75) is 33.2 Å². The summed E-state index contributed by atoms with van der Waals surface area (Å²) in [5.41, 5.74) is 1.29. The molecule has 0 atom stereocenters. The normalized spacial score (nSPS) is 10.7. The highest BCUT2D eigenvalue weighted by Crippen LogP contribution is 2.26. The third-order valence-corrected chi connectivity index (χ3v) is 4.25. The zero-order valence-corrected chi connectivity index (χ0v) is 14.3. The van der Waals surface area contributed by atoms with Gasteiger partial charge in [-0.05, 0) is 64.5 Å². The van der Waals surface area contributed by atoms with Crippen LogP contribution in [-0.4, -0.2) is 24.7 Å². The monoisotopic (exact) mass is 345 g/mol. The quantitative estimate of drug-likeness (QED) is 0.632. The Bertz CT molecular complexity index is 360. The fourth-order valence-corrected chi connectivity index (χ4v) is 2.82. The molecule has 0 aliphatic rings. The molecule has 1 aromatic rings. The van der Waals surface area contributed by atoms with E-state index in [1.807, 2.05) is 11.8 Å². The second-order valence-electron chi connectivity index (χ2n) is 4.34. The minimum absolute atomic E-state index is 0.791. The molecule has 0 saturated carbocycles. The maximum atomic E-state index is 5.78. The first-order valence-electron chi connectivity index (χ1n) is 6.97. The summed E-state index contributed by atoms with van der Waals surface area (Å²) in [6.45, 7) is 7.13. The number of nitrogens with one attached hydrogen (secondary N) is 1. The average molecular weight is 346 g/mol. The van der Waals surface area contributed by atoms with Crippen LogP contribution >= 0.6 is 27.7 Å². The van der Waals surface area contributed by atoms with Crippen LogP contribution in [0.5, 0.6) is 5.75 Å². The Hall–Kier alpha value is -0.190. The smallest absolute Gasteiger partial charge is 0.133 e. The van der Waals surface area contributed by atoms with Gasteiger partial charge in [-0.25, -0.2) is 0 Å². The summed E-state index contributed by atoms with van der Waals surface area (Å²) < 4.78 is 6.83. The van der Waals surface area contributed by atoms with E-state index < -0.39 is 0 Å². The van der Waals surface area contributed by atoms with Gasteiger partial charge in [0.2, 0.25) is 0 Å². The van der Waals surface area contributed by atoms with Crippen LogP contribution < -0.4 is 10.1 Å². The summed E-state index contributed by atoms with van der Waals surface area (Å²) in [4.78, 5) is 0. The molecule has 0 spiro atoms. The van der Waals surface area contributed by atoms with E-state index in [0.717, 1.165) is 42.8 Å². The van der Waals surface area contributed by atoms with Crippen molar-refractivity contribution in [2.75, 3.05) is 24.7 Å². The molecule has 0 radical (unpaired) electrons. The molecule has 0 unspecified atom stereocenters. The van der Waals surface area contributed by atoms with E-state index in [0.29, 0.717) is 0 Å². The van der Waals surface area contributed by atoms with E-state index in [1.54, 1.807) is 0 Å². The Balaban J connectivity index is 2.34. The van der Waals surface area contributed by atoms with Crippen LogP contribution in [0.4, 0.5) is 0 Å². The van der Waals surface area contributed by atoms with E-state index in [1.165, 1.54) is 17.1 Å². The topological polar surface area (TPSA) is 21.3 Å². The molecule has 19 heavy (non-hydrogen) atoms. The molecule has 0 amide bonds. The lowest BCUT2D eigenvalue weighted by Crippen LogP contribution is -2.13. The minimum atomic E-state index is 0.791. The Morgan fingerprint density at radius 1 is 1.32 bits per heavy atom. The first kappa shape index (κ1) is 16.9. The maximum Gasteiger partial charge on any atom is 0.133 e. The van der Waals surface area contributed by atoms with Crippen LogP contribution in [0.15, 0.2) is 22.7 Å². The van der Waals surface area contributed by atoms with Gasteiger partial charge in [-0.15, -0.1) is 0 Å². The molecule has 1 rings (SSSR count). The van der Waals surface area contributed by atoms with Crippen molar-refractivity contribution in [1.29, 1.82) is 0 Å². The van der Waals surface area contributed by atoms with Gasteiger partial charge in [0.1, 0.15) is 5.75 Å². The van der Waals surface area contributed by atoms with E-state index >= 15 is 0 Å². The van der Waals surface area contributed by atoms with Gasteiger partial charge in [-0.1, -0.05) is 19.9 Å². The van der Waals surface area contributed by atoms with Gasteiger partial charge < -0.3 is 10.1 Å². The zero-order valence-electron chi connectivity index (χ0n) is 11.9. The maximum absolute atomic E-state index is 5.78. The lowest BCUT2D eigenvalue weighted by atomic mass is 10.2. The van der Waals surface area contributed by atoms with Crippen molar-refractivity contribution in [3.8, 4) is 5.75 Å². The minimum Gasteiger partial charge on any atom is -0.492 e. The molecule has 1 N–H and O–H groups in total. The van der Waals surface area contributed by atoms with Crippen molar-refractivity contribution < 1.29 is 4.74 Å². The Labute approximate surface area is 129 Å². The van der Waals surface area contributed by atoms with Gasteiger partial charge in [0.05, 0.1) is 11.1 Å². The van der Waals surface area contributed by atoms with Crippen molar-refractivity contribution in [3.05, 3.63) is 28.2 Å². The highest BCUT2D eigenvalue weighted by Gasteiger charge is 2.02. The van der Waals surface area contributed by atoms with Crippen LogP contribution in [0.1, 0.15) is 32.3 Å². The number of hydrogen-bond donors (Lipinski definition) is 1. The number of hydrogen-bond acceptors (Lipinski definition) is 3. The van der Waals surface area contributed by atoms with E-state index in [4.69, 9.17) is 4.74 Å². The SMILES string of the molecule is CCCNCc1ccc(OCCCSCC)c(Br)c1. The third-order valence-electron chi connectivity index (χ3n) is 2.65. The molecule has 0 aliphatic carbocycles. The zero-order chi connectivity index (χ0) is 13.9. The molecular weight excluding hydrogens is 322 g/mol. The number of halogens is 1. The summed E-state index contributed by atoms with van der Waals surface area (Å²) in [5.74, 6) is 3.30. The molecule has 0 fully saturated rings. The molecular formula is C15H24BrNOS. The molecule has 0 bridgehead atoms. The second kappa shape index (κ2) is 10.6. The summed E-state index contributed by atoms with van der Waals surface area (Å²) in [7, 11) is 0. The van der Waals surface area contributed by atoms with Crippen molar-refractivity contribution >= 4 is 27.7 Å².